The van der Waals surface area contributed by atoms with Gasteiger partial charge in [-0.1, -0.05) is 19.4 Å². The quantitative estimate of drug-likeness (QED) is 0.911. The van der Waals surface area contributed by atoms with Crippen molar-refractivity contribution in [2.45, 2.75) is 32.8 Å². The zero-order valence-corrected chi connectivity index (χ0v) is 11.6. The van der Waals surface area contributed by atoms with Gasteiger partial charge in [-0.25, -0.2) is 9.78 Å². The van der Waals surface area contributed by atoms with Gasteiger partial charge in [0.15, 0.2) is 0 Å². The number of aryl methyl sites for hydroxylation is 1. The largest absolute Gasteiger partial charge is 0.375 e. The van der Waals surface area contributed by atoms with Crippen LogP contribution in [0.25, 0.3) is 0 Å². The molecule has 104 valence electrons. The molecule has 0 unspecified atom stereocenters. The maximum absolute atomic E-state index is 12.1. The van der Waals surface area contributed by atoms with Crippen molar-refractivity contribution in [2.75, 3.05) is 25.0 Å². The van der Waals surface area contributed by atoms with Crippen LogP contribution >= 0.6 is 0 Å². The lowest BCUT2D eigenvalue weighted by molar-refractivity contribution is -0.0162. The molecule has 1 aromatic heterocycles. The monoisotopic (exact) mass is 263 g/mol. The van der Waals surface area contributed by atoms with Crippen LogP contribution in [0.5, 0.6) is 0 Å². The second-order valence-corrected chi connectivity index (χ2v) is 4.82. The molecular formula is C14H21N3O2. The molecule has 5 nitrogen and oxygen atoms in total. The fourth-order valence-electron chi connectivity index (χ4n) is 2.20. The lowest BCUT2D eigenvalue weighted by Gasteiger charge is -2.32. The van der Waals surface area contributed by atoms with Crippen LogP contribution in [0.2, 0.25) is 0 Å². The predicted octanol–water partition coefficient (Wildman–Crippen LogP) is 2.42. The lowest BCUT2D eigenvalue weighted by atomic mass is 10.2. The topological polar surface area (TPSA) is 54.5 Å². The number of morpholine rings is 1. The second-order valence-electron chi connectivity index (χ2n) is 4.82. The molecule has 1 aliphatic rings. The molecule has 0 aromatic carbocycles. The van der Waals surface area contributed by atoms with Crippen LogP contribution in [0.1, 0.15) is 25.5 Å². The zero-order chi connectivity index (χ0) is 13.7. The molecule has 0 radical (unpaired) electrons. The highest BCUT2D eigenvalue weighted by molar-refractivity contribution is 5.88. The van der Waals surface area contributed by atoms with Crippen molar-refractivity contribution in [1.29, 1.82) is 0 Å². The molecule has 2 heterocycles. The van der Waals surface area contributed by atoms with Crippen LogP contribution in [0, 0.1) is 6.92 Å². The number of nitrogens with zero attached hydrogens (tertiary/aromatic N) is 2. The molecule has 0 spiro atoms. The van der Waals surface area contributed by atoms with Gasteiger partial charge in [0.2, 0.25) is 0 Å². The molecule has 0 saturated carbocycles. The van der Waals surface area contributed by atoms with E-state index < -0.39 is 0 Å². The maximum Gasteiger partial charge on any atom is 0.323 e. The molecule has 1 aliphatic heterocycles. The van der Waals surface area contributed by atoms with E-state index in [1.165, 1.54) is 0 Å². The first-order valence-corrected chi connectivity index (χ1v) is 6.80. The highest BCUT2D eigenvalue weighted by Crippen LogP contribution is 2.12. The molecule has 0 aliphatic carbocycles. The molecule has 1 saturated heterocycles. The Morgan fingerprint density at radius 2 is 2.42 bits per heavy atom. The van der Waals surface area contributed by atoms with E-state index in [0.717, 1.165) is 18.5 Å². The number of rotatable bonds is 3. The summed E-state index contributed by atoms with van der Waals surface area (Å²) < 4.78 is 5.63. The summed E-state index contributed by atoms with van der Waals surface area (Å²) in [5, 5.41) is 2.84. The number of anilines is 1. The minimum atomic E-state index is -0.0949. The zero-order valence-electron chi connectivity index (χ0n) is 11.6. The maximum atomic E-state index is 12.1. The number of urea groups is 1. The fourth-order valence-corrected chi connectivity index (χ4v) is 2.20. The van der Waals surface area contributed by atoms with Gasteiger partial charge >= 0.3 is 6.03 Å². The third-order valence-corrected chi connectivity index (χ3v) is 3.16. The van der Waals surface area contributed by atoms with E-state index in [0.29, 0.717) is 25.5 Å². The van der Waals surface area contributed by atoms with Crippen molar-refractivity contribution >= 4 is 11.8 Å². The minimum absolute atomic E-state index is 0.0949. The standard InChI is InChI=1S/C14H21N3O2/c1-3-5-12-10-17(8-9-19-12)14(18)16-13-7-4-6-11(2)15-13/h4,6-7,12H,3,5,8-10H2,1-2H3,(H,15,16,18)/t12-/m0/s1. The van der Waals surface area contributed by atoms with Crippen molar-refractivity contribution < 1.29 is 9.53 Å². The number of carbonyl (C=O) groups excluding carboxylic acids is 1. The van der Waals surface area contributed by atoms with Gasteiger partial charge in [-0.05, 0) is 25.5 Å². The van der Waals surface area contributed by atoms with Gasteiger partial charge in [0.1, 0.15) is 5.82 Å². The summed E-state index contributed by atoms with van der Waals surface area (Å²) >= 11 is 0. The SMILES string of the molecule is CCC[C@H]1CN(C(=O)Nc2cccc(C)n2)CCO1. The molecule has 1 N–H and O–H groups in total. The molecule has 2 rings (SSSR count). The molecule has 1 atom stereocenters. The van der Waals surface area contributed by atoms with Gasteiger partial charge in [0, 0.05) is 18.8 Å². The molecular weight excluding hydrogens is 242 g/mol. The number of carbonyl (C=O) groups is 1. The number of nitrogens with one attached hydrogen (secondary N) is 1. The van der Waals surface area contributed by atoms with Gasteiger partial charge in [-0.3, -0.25) is 5.32 Å². The number of amides is 2. The van der Waals surface area contributed by atoms with Crippen molar-refractivity contribution in [3.63, 3.8) is 0 Å². The number of ether oxygens (including phenoxy) is 1. The first-order valence-electron chi connectivity index (χ1n) is 6.80. The molecule has 1 fully saturated rings. The predicted molar refractivity (Wildman–Crippen MR) is 74.2 cm³/mol. The smallest absolute Gasteiger partial charge is 0.323 e. The molecule has 5 heteroatoms. The van der Waals surface area contributed by atoms with Crippen molar-refractivity contribution in [3.8, 4) is 0 Å². The van der Waals surface area contributed by atoms with E-state index in [1.54, 1.807) is 11.0 Å². The highest BCUT2D eigenvalue weighted by atomic mass is 16.5. The van der Waals surface area contributed by atoms with Crippen LogP contribution < -0.4 is 5.32 Å². The summed E-state index contributed by atoms with van der Waals surface area (Å²) in [7, 11) is 0. The Kier molecular flexibility index (Phi) is 4.74. The van der Waals surface area contributed by atoms with Gasteiger partial charge in [0.25, 0.3) is 0 Å². The fraction of sp³-hybridized carbons (Fsp3) is 0.571. The first kappa shape index (κ1) is 13.8. The second kappa shape index (κ2) is 6.52. The van der Waals surface area contributed by atoms with Crippen LogP contribution in [0.4, 0.5) is 10.6 Å². The summed E-state index contributed by atoms with van der Waals surface area (Å²) in [5.74, 6) is 0.600. The van der Waals surface area contributed by atoms with Crippen LogP contribution in [0.3, 0.4) is 0 Å². The van der Waals surface area contributed by atoms with E-state index in [9.17, 15) is 4.79 Å². The van der Waals surface area contributed by atoms with Crippen molar-refractivity contribution in [3.05, 3.63) is 23.9 Å². The van der Waals surface area contributed by atoms with Gasteiger partial charge in [-0.2, -0.15) is 0 Å². The Hall–Kier alpha value is -1.62. The average Bonchev–Trinajstić information content (AvgIpc) is 2.39. The Labute approximate surface area is 114 Å². The highest BCUT2D eigenvalue weighted by Gasteiger charge is 2.23. The van der Waals surface area contributed by atoms with E-state index in [-0.39, 0.29) is 12.1 Å². The van der Waals surface area contributed by atoms with Gasteiger partial charge in [-0.15, -0.1) is 0 Å². The third-order valence-electron chi connectivity index (χ3n) is 3.16. The summed E-state index contributed by atoms with van der Waals surface area (Å²) in [6.45, 7) is 5.93. The summed E-state index contributed by atoms with van der Waals surface area (Å²) in [6.07, 6.45) is 2.22. The van der Waals surface area contributed by atoms with Gasteiger partial charge in [0.05, 0.1) is 12.7 Å². The molecule has 1 aromatic rings. The van der Waals surface area contributed by atoms with Crippen LogP contribution in [-0.2, 0) is 4.74 Å². The minimum Gasteiger partial charge on any atom is -0.375 e. The Balaban J connectivity index is 1.92. The molecule has 2 amide bonds. The van der Waals surface area contributed by atoms with E-state index in [2.05, 4.69) is 17.2 Å². The average molecular weight is 263 g/mol. The Morgan fingerprint density at radius 3 is 3.16 bits per heavy atom. The lowest BCUT2D eigenvalue weighted by Crippen LogP contribution is -2.47. The van der Waals surface area contributed by atoms with Crippen molar-refractivity contribution in [1.82, 2.24) is 9.88 Å². The molecule has 19 heavy (non-hydrogen) atoms. The van der Waals surface area contributed by atoms with E-state index >= 15 is 0 Å². The van der Waals surface area contributed by atoms with Gasteiger partial charge < -0.3 is 9.64 Å². The third kappa shape index (κ3) is 3.92. The molecule has 0 bridgehead atoms. The number of aromatic nitrogens is 1. The van der Waals surface area contributed by atoms with Crippen molar-refractivity contribution in [2.24, 2.45) is 0 Å². The van der Waals surface area contributed by atoms with Crippen LogP contribution in [0.15, 0.2) is 18.2 Å². The van der Waals surface area contributed by atoms with Crippen LogP contribution in [-0.4, -0.2) is 41.7 Å². The number of pyridine rings is 1. The summed E-state index contributed by atoms with van der Waals surface area (Å²) in [5.41, 5.74) is 0.892. The summed E-state index contributed by atoms with van der Waals surface area (Å²) in [6, 6.07) is 5.50. The number of hydrogen-bond donors (Lipinski definition) is 1. The number of hydrogen-bond acceptors (Lipinski definition) is 3. The first-order chi connectivity index (χ1) is 9.19. The summed E-state index contributed by atoms with van der Waals surface area (Å²) in [4.78, 5) is 18.2. The Bertz CT molecular complexity index is 434. The Morgan fingerprint density at radius 1 is 1.58 bits per heavy atom. The van der Waals surface area contributed by atoms with E-state index in [4.69, 9.17) is 4.74 Å². The van der Waals surface area contributed by atoms with E-state index in [1.807, 2.05) is 19.1 Å². The normalized spacial score (nSPS) is 19.3.